The molecule has 1 rings (SSSR count). The van der Waals surface area contributed by atoms with Crippen molar-refractivity contribution in [3.63, 3.8) is 0 Å². The summed E-state index contributed by atoms with van der Waals surface area (Å²) in [4.78, 5) is 12.0. The number of rotatable bonds is 11. The van der Waals surface area contributed by atoms with E-state index in [1.807, 2.05) is 13.8 Å². The summed E-state index contributed by atoms with van der Waals surface area (Å²) < 4.78 is 79.3. The minimum absolute atomic E-state index is 0.113. The molecule has 0 amide bonds. The summed E-state index contributed by atoms with van der Waals surface area (Å²) in [6, 6.07) is 1.79. The van der Waals surface area contributed by atoms with Crippen LogP contribution in [-0.4, -0.2) is 25.3 Å². The molecule has 27 heavy (non-hydrogen) atoms. The van der Waals surface area contributed by atoms with Gasteiger partial charge >= 0.3 is 19.7 Å². The van der Waals surface area contributed by atoms with Crippen molar-refractivity contribution < 1.29 is 40.7 Å². The lowest BCUT2D eigenvalue weighted by molar-refractivity contribution is -0.140. The van der Waals surface area contributed by atoms with E-state index in [2.05, 4.69) is 0 Å². The zero-order chi connectivity index (χ0) is 20.5. The van der Waals surface area contributed by atoms with Gasteiger partial charge in [0, 0.05) is 0 Å². The molecule has 0 aromatic heterocycles. The van der Waals surface area contributed by atoms with E-state index in [4.69, 9.17) is 13.8 Å². The Hall–Kier alpha value is -1.44. The third-order valence-corrected chi connectivity index (χ3v) is 5.17. The van der Waals surface area contributed by atoms with E-state index in [9.17, 15) is 26.9 Å². The van der Waals surface area contributed by atoms with Gasteiger partial charge in [0.25, 0.3) is 0 Å². The van der Waals surface area contributed by atoms with Gasteiger partial charge in [0.05, 0.1) is 18.8 Å². The van der Waals surface area contributed by atoms with E-state index in [0.29, 0.717) is 25.0 Å². The number of ether oxygens (including phenoxy) is 1. The monoisotopic (exact) mass is 414 g/mol. The van der Waals surface area contributed by atoms with Gasteiger partial charge in [-0.25, -0.2) is 4.39 Å². The Morgan fingerprint density at radius 2 is 1.63 bits per heavy atom. The molecule has 0 fully saturated rings. The average Bonchev–Trinajstić information content (AvgIpc) is 2.56. The van der Waals surface area contributed by atoms with Gasteiger partial charge in [0.2, 0.25) is 0 Å². The van der Waals surface area contributed by atoms with Crippen LogP contribution in [0.1, 0.15) is 45.1 Å². The van der Waals surface area contributed by atoms with Gasteiger partial charge in [0.1, 0.15) is 17.7 Å². The van der Waals surface area contributed by atoms with E-state index in [1.165, 1.54) is 0 Å². The third kappa shape index (κ3) is 8.41. The molecule has 10 heteroatoms. The van der Waals surface area contributed by atoms with Crippen LogP contribution < -0.4 is 4.74 Å². The fourth-order valence-corrected chi connectivity index (χ4v) is 3.38. The van der Waals surface area contributed by atoms with Crippen molar-refractivity contribution in [2.24, 2.45) is 0 Å². The molecule has 0 aliphatic rings. The molecule has 0 atom stereocenters. The highest BCUT2D eigenvalue weighted by atomic mass is 31.2. The molecule has 5 nitrogen and oxygen atoms in total. The highest BCUT2D eigenvalue weighted by molar-refractivity contribution is 7.54. The summed E-state index contributed by atoms with van der Waals surface area (Å²) in [7, 11) is -3.80. The van der Waals surface area contributed by atoms with E-state index < -0.39 is 43.0 Å². The summed E-state index contributed by atoms with van der Waals surface area (Å²) in [6.07, 6.45) is -2.94. The third-order valence-electron chi connectivity index (χ3n) is 3.37. The van der Waals surface area contributed by atoms with Crippen LogP contribution in [0.2, 0.25) is 0 Å². The first-order valence-corrected chi connectivity index (χ1v) is 10.3. The fourth-order valence-electron chi connectivity index (χ4n) is 1.93. The molecule has 154 valence electrons. The van der Waals surface area contributed by atoms with Crippen molar-refractivity contribution in [3.05, 3.63) is 29.6 Å². The normalized spacial score (nSPS) is 12.2. The zero-order valence-corrected chi connectivity index (χ0v) is 16.1. The fraction of sp³-hybridized carbons (Fsp3) is 0.588. The van der Waals surface area contributed by atoms with Crippen molar-refractivity contribution in [1.29, 1.82) is 0 Å². The van der Waals surface area contributed by atoms with Crippen LogP contribution in [0.4, 0.5) is 17.6 Å². The van der Waals surface area contributed by atoms with E-state index in [-0.39, 0.29) is 13.2 Å². The second-order valence-electron chi connectivity index (χ2n) is 5.76. The Kier molecular flexibility index (Phi) is 9.42. The van der Waals surface area contributed by atoms with Gasteiger partial charge < -0.3 is 13.8 Å². The van der Waals surface area contributed by atoms with Crippen LogP contribution in [0.25, 0.3) is 0 Å². The van der Waals surface area contributed by atoms with Crippen molar-refractivity contribution in [2.75, 3.05) is 19.4 Å². The molecule has 0 aliphatic heterocycles. The van der Waals surface area contributed by atoms with Crippen molar-refractivity contribution >= 4 is 13.6 Å². The van der Waals surface area contributed by atoms with Crippen molar-refractivity contribution in [2.45, 2.75) is 45.7 Å². The minimum atomic E-state index is -4.94. The molecule has 1 aromatic carbocycles. The summed E-state index contributed by atoms with van der Waals surface area (Å²) in [5.74, 6) is -3.09. The number of unbranched alkanes of at least 4 members (excludes halogenated alkanes) is 2. The van der Waals surface area contributed by atoms with Crippen LogP contribution in [0.5, 0.6) is 5.75 Å². The first-order valence-electron chi connectivity index (χ1n) is 8.57. The van der Waals surface area contributed by atoms with Gasteiger partial charge in [0.15, 0.2) is 0 Å². The van der Waals surface area contributed by atoms with E-state index in [1.54, 1.807) is 0 Å². The summed E-state index contributed by atoms with van der Waals surface area (Å²) >= 11 is 0. The Morgan fingerprint density at radius 1 is 1.07 bits per heavy atom. The summed E-state index contributed by atoms with van der Waals surface area (Å²) in [6.45, 7) is 4.02. The quantitative estimate of drug-likeness (QED) is 0.156. The SMILES string of the molecule is CCCCOP(=O)(CC(=O)Oc1ccc(F)c(C(F)(F)F)c1)OCCCC. The number of esters is 1. The smallest absolute Gasteiger partial charge is 0.419 e. The molecule has 0 N–H and O–H groups in total. The van der Waals surface area contributed by atoms with Crippen LogP contribution >= 0.6 is 7.60 Å². The highest BCUT2D eigenvalue weighted by Crippen LogP contribution is 2.48. The molecule has 0 aliphatic carbocycles. The van der Waals surface area contributed by atoms with Crippen LogP contribution in [0.3, 0.4) is 0 Å². The largest absolute Gasteiger partial charge is 0.426 e. The minimum Gasteiger partial charge on any atom is -0.426 e. The van der Waals surface area contributed by atoms with E-state index >= 15 is 0 Å². The molecule has 0 heterocycles. The highest BCUT2D eigenvalue weighted by Gasteiger charge is 2.35. The lowest BCUT2D eigenvalue weighted by atomic mass is 10.2. The molecule has 1 aromatic rings. The van der Waals surface area contributed by atoms with Gasteiger partial charge in [-0.05, 0) is 31.0 Å². The standard InChI is InChI=1S/C17H23F4O5P/c1-3-5-9-24-27(23,25-10-6-4-2)12-16(22)26-13-7-8-15(18)14(11-13)17(19,20)21/h7-8,11H,3-6,9-10,12H2,1-2H3. The predicted molar refractivity (Wildman–Crippen MR) is 91.2 cm³/mol. The number of carbonyl (C=O) groups is 1. The molecule has 0 bridgehead atoms. The molecule has 0 saturated carbocycles. The first-order chi connectivity index (χ1) is 12.6. The second kappa shape index (κ2) is 10.8. The number of halogens is 4. The number of benzene rings is 1. The van der Waals surface area contributed by atoms with Gasteiger partial charge in [-0.15, -0.1) is 0 Å². The van der Waals surface area contributed by atoms with Crippen molar-refractivity contribution in [3.8, 4) is 5.75 Å². The molecule has 0 spiro atoms. The maximum Gasteiger partial charge on any atom is 0.419 e. The number of carbonyl (C=O) groups excluding carboxylic acids is 1. The van der Waals surface area contributed by atoms with Crippen LogP contribution in [-0.2, 0) is 24.6 Å². The molecule has 0 radical (unpaired) electrons. The maximum atomic E-state index is 13.3. The molecular formula is C17H23F4O5P. The second-order valence-corrected chi connectivity index (χ2v) is 7.81. The maximum absolute atomic E-state index is 13.3. The summed E-state index contributed by atoms with van der Waals surface area (Å²) in [5.41, 5.74) is -1.56. The average molecular weight is 414 g/mol. The number of alkyl halides is 3. The van der Waals surface area contributed by atoms with Crippen LogP contribution in [0.15, 0.2) is 18.2 Å². The topological polar surface area (TPSA) is 61.8 Å². The Balaban J connectivity index is 2.82. The predicted octanol–water partition coefficient (Wildman–Crippen LogP) is 5.58. The van der Waals surface area contributed by atoms with E-state index in [0.717, 1.165) is 18.9 Å². The lowest BCUT2D eigenvalue weighted by Crippen LogP contribution is -2.17. The molecule has 0 unspecified atom stereocenters. The Morgan fingerprint density at radius 3 is 2.11 bits per heavy atom. The van der Waals surface area contributed by atoms with Gasteiger partial charge in [-0.1, -0.05) is 26.7 Å². The lowest BCUT2D eigenvalue weighted by Gasteiger charge is -2.18. The summed E-state index contributed by atoms with van der Waals surface area (Å²) in [5, 5.41) is 0. The van der Waals surface area contributed by atoms with Gasteiger partial charge in [-0.3, -0.25) is 9.36 Å². The van der Waals surface area contributed by atoms with Crippen LogP contribution in [0, 0.1) is 5.82 Å². The Labute approximate surface area is 155 Å². The van der Waals surface area contributed by atoms with Crippen molar-refractivity contribution in [1.82, 2.24) is 0 Å². The number of hydrogen-bond acceptors (Lipinski definition) is 5. The zero-order valence-electron chi connectivity index (χ0n) is 15.2. The molecule has 0 saturated heterocycles. The number of hydrogen-bond donors (Lipinski definition) is 0. The Bertz CT molecular complexity index is 649. The first kappa shape index (κ1) is 23.6. The van der Waals surface area contributed by atoms with Gasteiger partial charge in [-0.2, -0.15) is 13.2 Å². The molecular weight excluding hydrogens is 391 g/mol.